The number of phenolic OH excluding ortho intramolecular Hbond substituents is 1. The molecule has 2 atom stereocenters. The fourth-order valence-corrected chi connectivity index (χ4v) is 4.01. The molecule has 2 aromatic rings. The highest BCUT2D eigenvalue weighted by molar-refractivity contribution is 5.92. The van der Waals surface area contributed by atoms with E-state index < -0.39 is 11.0 Å². The van der Waals surface area contributed by atoms with Crippen LogP contribution in [0.5, 0.6) is 11.5 Å². The summed E-state index contributed by atoms with van der Waals surface area (Å²) in [5, 5.41) is 10.9. The van der Waals surface area contributed by atoms with E-state index in [1.54, 1.807) is 12.1 Å². The molecule has 1 N–H and O–H groups in total. The lowest BCUT2D eigenvalue weighted by atomic mass is 9.75. The van der Waals surface area contributed by atoms with Crippen LogP contribution < -0.4 is 10.4 Å². The lowest BCUT2D eigenvalue weighted by Gasteiger charge is -2.36. The van der Waals surface area contributed by atoms with Crippen LogP contribution in [0.3, 0.4) is 0 Å². The summed E-state index contributed by atoms with van der Waals surface area (Å²) in [6.07, 6.45) is 8.54. The first-order valence-electron chi connectivity index (χ1n) is 10.1. The van der Waals surface area contributed by atoms with Crippen molar-refractivity contribution in [1.29, 1.82) is 0 Å². The number of fused-ring (bicyclic) bond motifs is 3. The average Bonchev–Trinajstić information content (AvgIpc) is 2.64. The van der Waals surface area contributed by atoms with Crippen molar-refractivity contribution >= 4 is 11.0 Å². The molecule has 0 spiro atoms. The van der Waals surface area contributed by atoms with Crippen LogP contribution in [0.1, 0.15) is 58.1 Å². The van der Waals surface area contributed by atoms with Crippen LogP contribution in [-0.2, 0) is 5.41 Å². The van der Waals surface area contributed by atoms with Gasteiger partial charge in [-0.25, -0.2) is 4.79 Å². The smallest absolute Gasteiger partial charge is 0.344 e. The van der Waals surface area contributed by atoms with Crippen LogP contribution in [-0.4, -0.2) is 11.2 Å². The first-order chi connectivity index (χ1) is 13.7. The lowest BCUT2D eigenvalue weighted by molar-refractivity contribution is 0.181. The maximum absolute atomic E-state index is 12.8. The van der Waals surface area contributed by atoms with Crippen molar-refractivity contribution in [3.8, 4) is 11.5 Å². The van der Waals surface area contributed by atoms with E-state index in [-0.39, 0.29) is 17.4 Å². The number of rotatable bonds is 5. The van der Waals surface area contributed by atoms with Crippen LogP contribution >= 0.6 is 0 Å². The van der Waals surface area contributed by atoms with Crippen molar-refractivity contribution in [3.63, 3.8) is 0 Å². The summed E-state index contributed by atoms with van der Waals surface area (Å²) in [6, 6.07) is 3.34. The number of benzene rings is 1. The Bertz CT molecular complexity index is 1070. The third-order valence-electron chi connectivity index (χ3n) is 5.68. The zero-order chi connectivity index (χ0) is 21.3. The van der Waals surface area contributed by atoms with Gasteiger partial charge in [0.15, 0.2) is 11.3 Å². The number of hydrogen-bond donors (Lipinski definition) is 1. The van der Waals surface area contributed by atoms with Crippen LogP contribution in [0.25, 0.3) is 11.0 Å². The Hall–Kier alpha value is -2.75. The minimum absolute atomic E-state index is 0.0648. The quantitative estimate of drug-likeness (QED) is 0.492. The van der Waals surface area contributed by atoms with Crippen molar-refractivity contribution in [2.24, 2.45) is 0 Å². The van der Waals surface area contributed by atoms with Crippen LogP contribution in [0.2, 0.25) is 0 Å². The largest absolute Gasteiger partial charge is 0.504 e. The fraction of sp³-hybridized carbons (Fsp3) is 0.400. The summed E-state index contributed by atoms with van der Waals surface area (Å²) in [5.74, 6) is 0.432. The summed E-state index contributed by atoms with van der Waals surface area (Å²) in [7, 11) is 0. The van der Waals surface area contributed by atoms with Gasteiger partial charge in [-0.3, -0.25) is 0 Å². The Morgan fingerprint density at radius 3 is 2.72 bits per heavy atom. The number of phenols is 1. The summed E-state index contributed by atoms with van der Waals surface area (Å²) < 4.78 is 11.9. The van der Waals surface area contributed by atoms with Gasteiger partial charge in [0.1, 0.15) is 11.9 Å². The normalized spacial score (nSPS) is 21.4. The molecule has 4 nitrogen and oxygen atoms in total. The van der Waals surface area contributed by atoms with E-state index in [4.69, 9.17) is 9.15 Å². The predicted molar refractivity (Wildman–Crippen MR) is 118 cm³/mol. The first-order valence-corrected chi connectivity index (χ1v) is 10.1. The molecule has 0 radical (unpaired) electrons. The van der Waals surface area contributed by atoms with Gasteiger partial charge in [0, 0.05) is 11.8 Å². The van der Waals surface area contributed by atoms with E-state index in [9.17, 15) is 9.90 Å². The molecule has 2 heterocycles. The molecule has 1 aromatic heterocycles. The van der Waals surface area contributed by atoms with E-state index in [0.717, 1.165) is 18.4 Å². The highest BCUT2D eigenvalue weighted by Crippen LogP contribution is 2.46. The first kappa shape index (κ1) is 21.0. The Morgan fingerprint density at radius 1 is 1.34 bits per heavy atom. The molecule has 1 aliphatic rings. The second kappa shape index (κ2) is 7.94. The summed E-state index contributed by atoms with van der Waals surface area (Å²) in [6.45, 7) is 14.2. The van der Waals surface area contributed by atoms with Crippen molar-refractivity contribution in [2.75, 3.05) is 0 Å². The second-order valence-electron chi connectivity index (χ2n) is 8.51. The number of allylic oxidation sites excluding steroid dienone is 4. The van der Waals surface area contributed by atoms with E-state index in [2.05, 4.69) is 39.5 Å². The molecule has 4 heteroatoms. The molecular formula is C25H30O4. The second-order valence-corrected chi connectivity index (χ2v) is 8.51. The SMILES string of the molecule is C=C[C@@]1(C)C[C@H](/C=C(/C)CCC=C(C)C)Oc2c1c(=O)oc1c(O)ccc(C)c21. The van der Waals surface area contributed by atoms with Crippen LogP contribution in [0.4, 0.5) is 0 Å². The maximum Gasteiger partial charge on any atom is 0.344 e. The van der Waals surface area contributed by atoms with Gasteiger partial charge in [0.2, 0.25) is 0 Å². The van der Waals surface area contributed by atoms with Crippen molar-refractivity contribution in [1.82, 2.24) is 0 Å². The zero-order valence-corrected chi connectivity index (χ0v) is 18.0. The Kier molecular flexibility index (Phi) is 5.74. The minimum atomic E-state index is -0.582. The van der Waals surface area contributed by atoms with Gasteiger partial charge < -0.3 is 14.3 Å². The van der Waals surface area contributed by atoms with E-state index in [1.807, 2.05) is 13.8 Å². The predicted octanol–water partition coefficient (Wildman–Crippen LogP) is 6.09. The Labute approximate surface area is 172 Å². The maximum atomic E-state index is 12.8. The molecule has 0 saturated heterocycles. The summed E-state index contributed by atoms with van der Waals surface area (Å²) in [4.78, 5) is 12.8. The lowest BCUT2D eigenvalue weighted by Crippen LogP contribution is -2.38. The fourth-order valence-electron chi connectivity index (χ4n) is 4.01. The van der Waals surface area contributed by atoms with Crippen molar-refractivity contribution < 1.29 is 14.3 Å². The van der Waals surface area contributed by atoms with Gasteiger partial charge in [-0.15, -0.1) is 6.58 Å². The van der Waals surface area contributed by atoms with E-state index in [0.29, 0.717) is 23.1 Å². The van der Waals surface area contributed by atoms with Crippen molar-refractivity contribution in [2.45, 2.75) is 65.4 Å². The van der Waals surface area contributed by atoms with Gasteiger partial charge in [-0.1, -0.05) is 36.3 Å². The molecule has 3 rings (SSSR count). The highest BCUT2D eigenvalue weighted by Gasteiger charge is 2.40. The zero-order valence-electron chi connectivity index (χ0n) is 18.0. The van der Waals surface area contributed by atoms with Gasteiger partial charge in [-0.2, -0.15) is 0 Å². The minimum Gasteiger partial charge on any atom is -0.504 e. The monoisotopic (exact) mass is 394 g/mol. The molecular weight excluding hydrogens is 364 g/mol. The molecule has 1 aliphatic heterocycles. The number of ether oxygens (including phenoxy) is 1. The average molecular weight is 395 g/mol. The molecule has 29 heavy (non-hydrogen) atoms. The van der Waals surface area contributed by atoms with Gasteiger partial charge >= 0.3 is 5.63 Å². The van der Waals surface area contributed by atoms with E-state index in [1.165, 1.54) is 17.2 Å². The van der Waals surface area contributed by atoms with Crippen LogP contribution in [0.15, 0.2) is 57.3 Å². The van der Waals surface area contributed by atoms with Gasteiger partial charge in [0.25, 0.3) is 0 Å². The topological polar surface area (TPSA) is 59.7 Å². The Morgan fingerprint density at radius 2 is 2.07 bits per heavy atom. The van der Waals surface area contributed by atoms with Crippen LogP contribution in [0, 0.1) is 6.92 Å². The summed E-state index contributed by atoms with van der Waals surface area (Å²) in [5.41, 5.74) is 3.02. The molecule has 0 amide bonds. The standard InChI is InChI=1S/C25H30O4/c1-7-25(6)14-18(13-16(4)10-8-9-15(2)3)28-23-20-17(5)11-12-19(26)22(20)29-24(27)21(23)25/h7,9,11-13,18,26H,1,8,10,14H2,2-6H3/b16-13-/t18-,25-/m0/s1. The molecule has 1 aromatic carbocycles. The third kappa shape index (κ3) is 4.02. The molecule has 0 saturated carbocycles. The molecule has 0 unspecified atom stereocenters. The highest BCUT2D eigenvalue weighted by atomic mass is 16.5. The third-order valence-corrected chi connectivity index (χ3v) is 5.68. The Balaban J connectivity index is 2.12. The molecule has 0 aliphatic carbocycles. The number of hydrogen-bond acceptors (Lipinski definition) is 4. The number of aryl methyl sites for hydroxylation is 1. The van der Waals surface area contributed by atoms with Crippen molar-refractivity contribution in [3.05, 3.63) is 69.6 Å². The number of aromatic hydroxyl groups is 1. The molecule has 0 bridgehead atoms. The summed E-state index contributed by atoms with van der Waals surface area (Å²) >= 11 is 0. The molecule has 154 valence electrons. The van der Waals surface area contributed by atoms with Gasteiger partial charge in [-0.05, 0) is 58.2 Å². The molecule has 0 fully saturated rings. The van der Waals surface area contributed by atoms with Gasteiger partial charge in [0.05, 0.1) is 10.9 Å². The van der Waals surface area contributed by atoms with E-state index >= 15 is 0 Å².